The summed E-state index contributed by atoms with van der Waals surface area (Å²) in [7, 11) is 0. The fourth-order valence-electron chi connectivity index (χ4n) is 3.14. The first kappa shape index (κ1) is 20.8. The van der Waals surface area contributed by atoms with E-state index in [-0.39, 0.29) is 70.5 Å². The van der Waals surface area contributed by atoms with Crippen molar-refractivity contribution in [2.24, 2.45) is 10.9 Å². The number of aromatic nitrogens is 1. The largest absolute Gasteiger partial charge is 1.00 e. The van der Waals surface area contributed by atoms with Crippen molar-refractivity contribution < 1.29 is 49.4 Å². The maximum atomic E-state index is 12.1. The van der Waals surface area contributed by atoms with Crippen LogP contribution in [0.1, 0.15) is 19.8 Å². The van der Waals surface area contributed by atoms with Gasteiger partial charge in [-0.05, 0) is 24.5 Å². The molecule has 0 aromatic carbocycles. The summed E-state index contributed by atoms with van der Waals surface area (Å²) in [6.07, 6.45) is 1.15. The molecule has 2 aliphatic heterocycles. The Kier molecular flexibility index (Phi) is 6.73. The van der Waals surface area contributed by atoms with E-state index < -0.39 is 11.9 Å². The molecule has 1 amide bonds. The molecule has 1 fully saturated rings. The van der Waals surface area contributed by atoms with Crippen molar-refractivity contribution in [3.8, 4) is 0 Å². The molecule has 3 rings (SSSR count). The van der Waals surface area contributed by atoms with Gasteiger partial charge in [0.25, 0.3) is 0 Å². The van der Waals surface area contributed by atoms with Crippen molar-refractivity contribution in [1.29, 1.82) is 0 Å². The van der Waals surface area contributed by atoms with E-state index in [0.717, 1.165) is 11.8 Å². The number of carbonyl (C=O) groups excluding carboxylic acids is 1. The van der Waals surface area contributed by atoms with Crippen LogP contribution in [0.4, 0.5) is 11.6 Å². The Morgan fingerprint density at radius 3 is 2.88 bits per heavy atom. The Morgan fingerprint density at radius 2 is 2.27 bits per heavy atom. The van der Waals surface area contributed by atoms with Crippen molar-refractivity contribution in [2.45, 2.75) is 25.8 Å². The molecule has 10 heteroatoms. The second-order valence-corrected chi connectivity index (χ2v) is 6.86. The first-order valence-electron chi connectivity index (χ1n) is 7.81. The van der Waals surface area contributed by atoms with Crippen molar-refractivity contribution in [2.75, 3.05) is 11.5 Å². The van der Waals surface area contributed by atoms with E-state index >= 15 is 0 Å². The number of thioether (sulfide) groups is 1. The summed E-state index contributed by atoms with van der Waals surface area (Å²) < 4.78 is 0. The molecule has 1 aromatic rings. The van der Waals surface area contributed by atoms with Gasteiger partial charge in [-0.2, -0.15) is 0 Å². The van der Waals surface area contributed by atoms with Gasteiger partial charge in [-0.25, -0.2) is 14.8 Å². The zero-order valence-corrected chi connectivity index (χ0v) is 17.3. The fraction of sp³-hybridized carbons (Fsp3) is 0.375. The van der Waals surface area contributed by atoms with Crippen LogP contribution in [0.2, 0.25) is 0 Å². The number of fused-ring (bicyclic) bond motifs is 1. The Hall–Kier alpha value is -1.55. The fourth-order valence-corrected chi connectivity index (χ4v) is 4.12. The van der Waals surface area contributed by atoms with E-state index in [2.05, 4.69) is 9.98 Å². The summed E-state index contributed by atoms with van der Waals surface area (Å²) in [5.74, 6) is -1.40. The third-order valence-electron chi connectivity index (χ3n) is 4.26. The molecule has 0 aliphatic carbocycles. The number of hydrogen-bond donors (Lipinski definition) is 2. The summed E-state index contributed by atoms with van der Waals surface area (Å²) in [6.45, 7) is 1.91. The van der Waals surface area contributed by atoms with E-state index in [1.165, 1.54) is 4.90 Å². The zero-order chi connectivity index (χ0) is 18.1. The van der Waals surface area contributed by atoms with E-state index in [9.17, 15) is 19.8 Å². The van der Waals surface area contributed by atoms with Crippen molar-refractivity contribution in [3.63, 3.8) is 0 Å². The predicted molar refractivity (Wildman–Crippen MR) is 91.9 cm³/mol. The number of β-lactam (4-membered cyclic amide) rings is 1. The van der Waals surface area contributed by atoms with Crippen molar-refractivity contribution in [3.05, 3.63) is 28.8 Å². The minimum Gasteiger partial charge on any atom is -0.861 e. The van der Waals surface area contributed by atoms with Crippen LogP contribution < -0.4 is 40.4 Å². The van der Waals surface area contributed by atoms with Gasteiger partial charge in [0.2, 0.25) is 5.91 Å². The average Bonchev–Trinajstić information content (AvgIpc) is 2.88. The molecular weight excluding hydrogens is 367 g/mol. The summed E-state index contributed by atoms with van der Waals surface area (Å²) in [5, 5.41) is 21.4. The molecule has 1 aromatic heterocycles. The normalized spacial score (nSPS) is 22.0. The summed E-state index contributed by atoms with van der Waals surface area (Å²) >= 11 is 1.12. The molecule has 132 valence electrons. The monoisotopic (exact) mass is 384 g/mol. The van der Waals surface area contributed by atoms with Crippen molar-refractivity contribution >= 4 is 41.2 Å². The van der Waals surface area contributed by atoms with Crippen LogP contribution in [-0.2, 0) is 9.59 Å². The Bertz CT molecular complexity index is 798. The van der Waals surface area contributed by atoms with E-state index in [1.54, 1.807) is 18.2 Å². The number of aliphatic imine (C=N–C) groups is 1. The standard InChI is InChI=1S/C16H18N4O4S.Na/c1-2-8-9-6-10(14(16(23)24)20(9)15(8)22)25-7-13(21)19-12-5-3-4-11(17)18-12;/h3-5,8-9H,2,6-7H2,1H3,(H,23,24)(H3,17,18,19,21);/q;+1/p-1/t8-,9-;/m1./s1. The zero-order valence-electron chi connectivity index (χ0n) is 14.5. The molecule has 0 unspecified atom stereocenters. The maximum absolute atomic E-state index is 12.1. The first-order valence-corrected chi connectivity index (χ1v) is 8.80. The molecular formula is C16H17N4NaO4S. The van der Waals surface area contributed by atoms with Crippen LogP contribution in [0.25, 0.3) is 0 Å². The number of carboxylic acid groups (broad SMARTS) is 1. The number of rotatable bonds is 6. The number of amides is 1. The van der Waals surface area contributed by atoms with Crippen LogP contribution in [-0.4, -0.2) is 44.6 Å². The number of carboxylic acids is 1. The molecule has 8 nitrogen and oxygen atoms in total. The smallest absolute Gasteiger partial charge is 0.861 e. The van der Waals surface area contributed by atoms with Crippen molar-refractivity contribution in [1.82, 2.24) is 9.88 Å². The molecule has 0 bridgehead atoms. The molecule has 3 heterocycles. The van der Waals surface area contributed by atoms with Gasteiger partial charge in [-0.1, -0.05) is 13.0 Å². The third kappa shape index (κ3) is 3.90. The van der Waals surface area contributed by atoms with Gasteiger partial charge < -0.3 is 20.8 Å². The number of nitrogens with two attached hydrogens (primary N) is 1. The molecule has 1 saturated heterocycles. The van der Waals surface area contributed by atoms with E-state index in [0.29, 0.717) is 17.7 Å². The third-order valence-corrected chi connectivity index (χ3v) is 5.36. The van der Waals surface area contributed by atoms with Crippen LogP contribution in [0.3, 0.4) is 0 Å². The molecule has 0 spiro atoms. The Labute approximate surface area is 176 Å². The van der Waals surface area contributed by atoms with Gasteiger partial charge in [-0.15, -0.1) is 11.8 Å². The molecule has 0 radical (unpaired) electrons. The van der Waals surface area contributed by atoms with Gasteiger partial charge in [0, 0.05) is 17.1 Å². The van der Waals surface area contributed by atoms with E-state index in [4.69, 9.17) is 5.73 Å². The molecule has 26 heavy (non-hydrogen) atoms. The maximum Gasteiger partial charge on any atom is 1.00 e. The van der Waals surface area contributed by atoms with Crippen LogP contribution in [0.15, 0.2) is 33.8 Å². The molecule has 2 aliphatic rings. The summed E-state index contributed by atoms with van der Waals surface area (Å²) in [5.41, 5.74) is 5.54. The van der Waals surface area contributed by atoms with Gasteiger partial charge in [0.1, 0.15) is 11.5 Å². The quantitative estimate of drug-likeness (QED) is 0.245. The molecule has 2 atom stereocenters. The van der Waals surface area contributed by atoms with Gasteiger partial charge in [0.15, 0.2) is 5.82 Å². The second-order valence-electron chi connectivity index (χ2n) is 5.79. The van der Waals surface area contributed by atoms with Crippen LogP contribution in [0.5, 0.6) is 0 Å². The predicted octanol–water partition coefficient (Wildman–Crippen LogP) is -2.27. The van der Waals surface area contributed by atoms with E-state index in [1.807, 2.05) is 6.92 Å². The number of hydrogen-bond acceptors (Lipinski definition) is 7. The van der Waals surface area contributed by atoms with Gasteiger partial charge in [0.05, 0.1) is 12.0 Å². The number of carbonyl (C=O) groups is 2. The number of nitrogen functional groups attached to an aromatic ring is 1. The SMILES string of the molecule is CC[C@H]1C(=O)N2C(C(=O)O)=C(SCC([O-])=Nc3cccc(N)n3)C[C@H]12.[Na+]. The van der Waals surface area contributed by atoms with Gasteiger partial charge in [-0.3, -0.25) is 4.79 Å². The Morgan fingerprint density at radius 1 is 1.54 bits per heavy atom. The number of aliphatic carboxylic acids is 1. The van der Waals surface area contributed by atoms with Gasteiger partial charge >= 0.3 is 35.5 Å². The summed E-state index contributed by atoms with van der Waals surface area (Å²) in [6, 6.07) is 4.69. The topological polar surface area (TPSA) is 132 Å². The summed E-state index contributed by atoms with van der Waals surface area (Å²) in [4.78, 5) is 33.2. The molecule has 3 N–H and O–H groups in total. The van der Waals surface area contributed by atoms with Crippen LogP contribution in [0, 0.1) is 5.92 Å². The Balaban J connectivity index is 0.00000243. The first-order chi connectivity index (χ1) is 11.9. The molecule has 0 saturated carbocycles. The average molecular weight is 384 g/mol. The number of pyridine rings is 1. The van der Waals surface area contributed by atoms with Crippen LogP contribution >= 0.6 is 11.8 Å². The second kappa shape index (κ2) is 8.43. The minimum absolute atomic E-state index is 0. The number of anilines is 1. The minimum atomic E-state index is -1.14. The number of nitrogens with zero attached hydrogens (tertiary/aromatic N) is 3.